The number of fused-ring (bicyclic) bond motifs is 5. The number of rotatable bonds is 6. The minimum absolute atomic E-state index is 0.106. The normalized spacial score (nSPS) is 12.7. The third-order valence-corrected chi connectivity index (χ3v) is 11.3. The number of hydrogen-bond acceptors (Lipinski definition) is 2. The van der Waals surface area contributed by atoms with Gasteiger partial charge in [0.2, 0.25) is 0 Å². The Balaban J connectivity index is 1.08. The Hall–Kier alpha value is -6.90. The molecule has 2 heteroatoms. The molecule has 0 atom stereocenters. The molecule has 0 saturated heterocycles. The average Bonchev–Trinajstić information content (AvgIpc) is 3.50. The van der Waals surface area contributed by atoms with Crippen LogP contribution in [-0.2, 0) is 5.41 Å². The predicted molar refractivity (Wildman–Crippen MR) is 230 cm³/mol. The van der Waals surface area contributed by atoms with E-state index >= 15 is 0 Å². The van der Waals surface area contributed by atoms with E-state index in [2.05, 4.69) is 208 Å². The lowest BCUT2D eigenvalue weighted by Gasteiger charge is -2.24. The van der Waals surface area contributed by atoms with E-state index in [-0.39, 0.29) is 5.41 Å². The van der Waals surface area contributed by atoms with Gasteiger partial charge >= 0.3 is 0 Å². The Morgan fingerprint density at radius 2 is 0.818 bits per heavy atom. The van der Waals surface area contributed by atoms with Crippen LogP contribution in [0.1, 0.15) is 25.0 Å². The van der Waals surface area contributed by atoms with Gasteiger partial charge < -0.3 is 0 Å². The van der Waals surface area contributed by atoms with Crippen LogP contribution in [-0.4, -0.2) is 9.97 Å². The molecule has 0 radical (unpaired) electrons. The van der Waals surface area contributed by atoms with E-state index in [1.807, 2.05) is 0 Å². The summed E-state index contributed by atoms with van der Waals surface area (Å²) in [6.07, 6.45) is 0. The van der Waals surface area contributed by atoms with E-state index in [0.717, 1.165) is 28.1 Å². The van der Waals surface area contributed by atoms with Crippen molar-refractivity contribution in [3.8, 4) is 78.4 Å². The summed E-state index contributed by atoms with van der Waals surface area (Å²) in [6.45, 7) is 4.73. The standard InChI is InChI=1S/C53H38N2/c1-53(2)47-20-12-11-19-45(47)50-46(33-43-17-9-10-18-44(43)51(50)53)39-25-31-42(32-26-39)52-54-48(40-27-21-37(22-28-40)35-13-5-3-6-14-35)34-49(55-52)41-29-23-38(24-30-41)36-15-7-4-8-16-36/h3-34H,1-2H3. The molecule has 0 aliphatic heterocycles. The van der Waals surface area contributed by atoms with Gasteiger partial charge in [-0.3, -0.25) is 0 Å². The average molecular weight is 703 g/mol. The maximum atomic E-state index is 5.21. The van der Waals surface area contributed by atoms with E-state index in [0.29, 0.717) is 5.82 Å². The first-order chi connectivity index (χ1) is 27.0. The first-order valence-corrected chi connectivity index (χ1v) is 19.0. The van der Waals surface area contributed by atoms with Crippen LogP contribution < -0.4 is 0 Å². The summed E-state index contributed by atoms with van der Waals surface area (Å²) in [5, 5.41) is 2.59. The van der Waals surface area contributed by atoms with Gasteiger partial charge in [-0.05, 0) is 78.5 Å². The van der Waals surface area contributed by atoms with Crippen LogP contribution in [0.5, 0.6) is 0 Å². The van der Waals surface area contributed by atoms with E-state index in [9.17, 15) is 0 Å². The highest BCUT2D eigenvalue weighted by molar-refractivity contribution is 6.04. The molecule has 10 rings (SSSR count). The highest BCUT2D eigenvalue weighted by atomic mass is 14.9. The zero-order valence-electron chi connectivity index (χ0n) is 30.9. The van der Waals surface area contributed by atoms with Gasteiger partial charge in [-0.1, -0.05) is 196 Å². The van der Waals surface area contributed by atoms with Crippen LogP contribution in [0.2, 0.25) is 0 Å². The molecule has 1 aliphatic carbocycles. The Morgan fingerprint density at radius 1 is 0.364 bits per heavy atom. The predicted octanol–water partition coefficient (Wildman–Crippen LogP) is 13.9. The fourth-order valence-corrected chi connectivity index (χ4v) is 8.48. The molecule has 1 aliphatic rings. The number of hydrogen-bond donors (Lipinski definition) is 0. The molecule has 260 valence electrons. The van der Waals surface area contributed by atoms with Gasteiger partial charge in [-0.15, -0.1) is 0 Å². The quantitative estimate of drug-likeness (QED) is 0.172. The van der Waals surface area contributed by atoms with Crippen molar-refractivity contribution >= 4 is 10.8 Å². The van der Waals surface area contributed by atoms with Crippen LogP contribution in [0.3, 0.4) is 0 Å². The first-order valence-electron chi connectivity index (χ1n) is 19.0. The summed E-state index contributed by atoms with van der Waals surface area (Å²) in [5.74, 6) is 0.702. The molecule has 0 N–H and O–H groups in total. The molecule has 0 unspecified atom stereocenters. The van der Waals surface area contributed by atoms with E-state index in [4.69, 9.17) is 9.97 Å². The minimum Gasteiger partial charge on any atom is -0.228 e. The molecular formula is C53H38N2. The Kier molecular flexibility index (Phi) is 7.85. The molecular weight excluding hydrogens is 665 g/mol. The Bertz CT molecular complexity index is 2730. The third kappa shape index (κ3) is 5.75. The largest absolute Gasteiger partial charge is 0.228 e. The summed E-state index contributed by atoms with van der Waals surface area (Å²) in [5.41, 5.74) is 17.4. The summed E-state index contributed by atoms with van der Waals surface area (Å²) in [4.78, 5) is 10.4. The van der Waals surface area contributed by atoms with Gasteiger partial charge in [0.05, 0.1) is 11.4 Å². The summed E-state index contributed by atoms with van der Waals surface area (Å²) < 4.78 is 0. The second-order valence-electron chi connectivity index (χ2n) is 15.0. The van der Waals surface area contributed by atoms with Gasteiger partial charge in [0, 0.05) is 22.1 Å². The van der Waals surface area contributed by atoms with Crippen molar-refractivity contribution in [3.63, 3.8) is 0 Å². The molecule has 1 heterocycles. The van der Waals surface area contributed by atoms with Crippen molar-refractivity contribution in [3.05, 3.63) is 205 Å². The van der Waals surface area contributed by atoms with Crippen LogP contribution in [0.25, 0.3) is 89.2 Å². The first kappa shape index (κ1) is 32.7. The van der Waals surface area contributed by atoms with Crippen molar-refractivity contribution in [2.75, 3.05) is 0 Å². The fourth-order valence-electron chi connectivity index (χ4n) is 8.48. The summed E-state index contributed by atoms with van der Waals surface area (Å²) in [6, 6.07) is 69.4. The molecule has 0 spiro atoms. The number of aromatic nitrogens is 2. The minimum atomic E-state index is -0.106. The molecule has 1 aromatic heterocycles. The van der Waals surface area contributed by atoms with E-state index in [1.54, 1.807) is 0 Å². The molecule has 0 fully saturated rings. The van der Waals surface area contributed by atoms with Crippen LogP contribution in [0.4, 0.5) is 0 Å². The molecule has 55 heavy (non-hydrogen) atoms. The van der Waals surface area contributed by atoms with Crippen LogP contribution in [0, 0.1) is 0 Å². The van der Waals surface area contributed by atoms with Gasteiger partial charge in [0.25, 0.3) is 0 Å². The molecule has 0 bridgehead atoms. The molecule has 8 aromatic carbocycles. The smallest absolute Gasteiger partial charge is 0.160 e. The second-order valence-corrected chi connectivity index (χ2v) is 15.0. The maximum Gasteiger partial charge on any atom is 0.160 e. The third-order valence-electron chi connectivity index (χ3n) is 11.3. The Labute approximate surface area is 322 Å². The van der Waals surface area contributed by atoms with Crippen LogP contribution >= 0.6 is 0 Å². The molecule has 0 saturated carbocycles. The van der Waals surface area contributed by atoms with E-state index < -0.39 is 0 Å². The topological polar surface area (TPSA) is 25.8 Å². The monoisotopic (exact) mass is 702 g/mol. The van der Waals surface area contributed by atoms with Gasteiger partial charge in [-0.25, -0.2) is 9.97 Å². The molecule has 2 nitrogen and oxygen atoms in total. The number of benzene rings is 8. The molecule has 0 amide bonds. The zero-order valence-corrected chi connectivity index (χ0v) is 30.9. The highest BCUT2D eigenvalue weighted by Crippen LogP contribution is 2.54. The lowest BCUT2D eigenvalue weighted by Crippen LogP contribution is -2.15. The Morgan fingerprint density at radius 3 is 1.42 bits per heavy atom. The number of nitrogens with zero attached hydrogens (tertiary/aromatic N) is 2. The van der Waals surface area contributed by atoms with Crippen molar-refractivity contribution in [1.82, 2.24) is 9.97 Å². The zero-order chi connectivity index (χ0) is 36.9. The van der Waals surface area contributed by atoms with E-state index in [1.165, 1.54) is 66.4 Å². The summed E-state index contributed by atoms with van der Waals surface area (Å²) in [7, 11) is 0. The van der Waals surface area contributed by atoms with Crippen molar-refractivity contribution < 1.29 is 0 Å². The lowest BCUT2D eigenvalue weighted by atomic mass is 9.79. The van der Waals surface area contributed by atoms with Crippen molar-refractivity contribution in [2.24, 2.45) is 0 Å². The van der Waals surface area contributed by atoms with Gasteiger partial charge in [0.15, 0.2) is 5.82 Å². The summed E-state index contributed by atoms with van der Waals surface area (Å²) >= 11 is 0. The van der Waals surface area contributed by atoms with Gasteiger partial charge in [0.1, 0.15) is 0 Å². The van der Waals surface area contributed by atoms with Crippen molar-refractivity contribution in [1.29, 1.82) is 0 Å². The highest BCUT2D eigenvalue weighted by Gasteiger charge is 2.38. The fraction of sp³-hybridized carbons (Fsp3) is 0.0566. The second kappa shape index (κ2) is 13.2. The lowest BCUT2D eigenvalue weighted by molar-refractivity contribution is 0.666. The SMILES string of the molecule is CC1(C)c2ccccc2-c2c(-c3ccc(-c4nc(-c5ccc(-c6ccccc6)cc5)cc(-c5ccc(-c6ccccc6)cc5)n4)cc3)cc3ccccc3c21. The van der Waals surface area contributed by atoms with Crippen molar-refractivity contribution in [2.45, 2.75) is 19.3 Å². The van der Waals surface area contributed by atoms with Crippen LogP contribution in [0.15, 0.2) is 194 Å². The van der Waals surface area contributed by atoms with Gasteiger partial charge in [-0.2, -0.15) is 0 Å². The molecule has 9 aromatic rings. The maximum absolute atomic E-state index is 5.21.